The standard InChI is InChI=1S/C26H23Cl2N3O3S2/c1-14-5-4-6-16(9-14)31-24(33)22-17-11-26(2,3)34-12-20(17)36-23(22)30-25(31)35-13-21(32)29-19-8-7-15(27)10-18(19)28/h4-10H,11-13H2,1-3H3,(H,29,32). The third-order valence-corrected chi connectivity index (χ3v) is 8.46. The number of rotatable bonds is 5. The van der Waals surface area contributed by atoms with E-state index in [4.69, 9.17) is 32.9 Å². The summed E-state index contributed by atoms with van der Waals surface area (Å²) in [4.78, 5) is 33.3. The van der Waals surface area contributed by atoms with E-state index in [1.54, 1.807) is 22.8 Å². The second kappa shape index (κ2) is 9.84. The molecule has 0 unspecified atom stereocenters. The Bertz CT molecular complexity index is 1560. The fourth-order valence-corrected chi connectivity index (χ4v) is 6.59. The van der Waals surface area contributed by atoms with E-state index >= 15 is 0 Å². The lowest BCUT2D eigenvalue weighted by molar-refractivity contribution is -0.113. The van der Waals surface area contributed by atoms with Crippen LogP contribution >= 0.6 is 46.3 Å². The molecule has 10 heteroatoms. The van der Waals surface area contributed by atoms with E-state index in [1.165, 1.54) is 23.1 Å². The molecule has 0 atom stereocenters. The van der Waals surface area contributed by atoms with Crippen molar-refractivity contribution in [2.75, 3.05) is 11.1 Å². The van der Waals surface area contributed by atoms with Gasteiger partial charge in [0.1, 0.15) is 4.83 Å². The highest BCUT2D eigenvalue weighted by Gasteiger charge is 2.31. The number of nitrogens with zero attached hydrogens (tertiary/aromatic N) is 2. The number of hydrogen-bond donors (Lipinski definition) is 1. The number of ether oxygens (including phenoxy) is 1. The second-order valence-electron chi connectivity index (χ2n) is 9.24. The van der Waals surface area contributed by atoms with Crippen molar-refractivity contribution >= 4 is 68.1 Å². The van der Waals surface area contributed by atoms with E-state index in [-0.39, 0.29) is 22.8 Å². The first-order chi connectivity index (χ1) is 17.1. The molecule has 0 bridgehead atoms. The van der Waals surface area contributed by atoms with Crippen molar-refractivity contribution in [3.63, 3.8) is 0 Å². The van der Waals surface area contributed by atoms with Crippen LogP contribution in [-0.2, 0) is 22.6 Å². The number of anilines is 1. The molecule has 0 spiro atoms. The molecule has 0 aliphatic carbocycles. The summed E-state index contributed by atoms with van der Waals surface area (Å²) in [6.45, 7) is 6.49. The summed E-state index contributed by atoms with van der Waals surface area (Å²) in [5.41, 5.74) is 2.73. The number of aryl methyl sites for hydroxylation is 1. The molecule has 1 N–H and O–H groups in total. The zero-order valence-corrected chi connectivity index (χ0v) is 23.0. The molecule has 2 aromatic heterocycles. The summed E-state index contributed by atoms with van der Waals surface area (Å²) in [7, 11) is 0. The van der Waals surface area contributed by atoms with E-state index in [0.29, 0.717) is 49.8 Å². The number of thiophene rings is 1. The van der Waals surface area contributed by atoms with Crippen LogP contribution in [0.15, 0.2) is 52.4 Å². The molecule has 0 saturated heterocycles. The van der Waals surface area contributed by atoms with Gasteiger partial charge in [-0.15, -0.1) is 11.3 Å². The van der Waals surface area contributed by atoms with Crippen molar-refractivity contribution in [2.45, 2.75) is 44.6 Å². The number of fused-ring (bicyclic) bond motifs is 3. The van der Waals surface area contributed by atoms with Crippen LogP contribution in [-0.4, -0.2) is 26.8 Å². The first-order valence-electron chi connectivity index (χ1n) is 11.3. The first-order valence-corrected chi connectivity index (χ1v) is 13.8. The Morgan fingerprint density at radius 2 is 2.06 bits per heavy atom. The van der Waals surface area contributed by atoms with Crippen LogP contribution in [0.4, 0.5) is 5.69 Å². The summed E-state index contributed by atoms with van der Waals surface area (Å²) in [6.07, 6.45) is 0.643. The lowest BCUT2D eigenvalue weighted by atomic mass is 9.94. The number of amides is 1. The number of thioether (sulfide) groups is 1. The normalized spacial score (nSPS) is 14.6. The van der Waals surface area contributed by atoms with Gasteiger partial charge in [0.05, 0.1) is 39.7 Å². The number of hydrogen-bond acceptors (Lipinski definition) is 6. The fraction of sp³-hybridized carbons (Fsp3) is 0.269. The topological polar surface area (TPSA) is 73.2 Å². The molecule has 5 rings (SSSR count). The van der Waals surface area contributed by atoms with Crippen molar-refractivity contribution in [2.24, 2.45) is 0 Å². The summed E-state index contributed by atoms with van der Waals surface area (Å²) in [5, 5.41) is 4.72. The molecule has 4 aromatic rings. The van der Waals surface area contributed by atoms with Gasteiger partial charge in [-0.3, -0.25) is 14.2 Å². The van der Waals surface area contributed by atoms with E-state index in [0.717, 1.165) is 16.0 Å². The third kappa shape index (κ3) is 5.06. The van der Waals surface area contributed by atoms with Crippen LogP contribution in [0.2, 0.25) is 10.0 Å². The second-order valence-corrected chi connectivity index (χ2v) is 12.1. The van der Waals surface area contributed by atoms with Gasteiger partial charge in [0, 0.05) is 16.3 Å². The molecule has 6 nitrogen and oxygen atoms in total. The first kappa shape index (κ1) is 25.3. The molecule has 1 amide bonds. The van der Waals surface area contributed by atoms with Crippen molar-refractivity contribution in [1.29, 1.82) is 0 Å². The molecular formula is C26H23Cl2N3O3S2. The van der Waals surface area contributed by atoms with Crippen LogP contribution in [0.3, 0.4) is 0 Å². The molecule has 0 fully saturated rings. The third-order valence-electron chi connectivity index (χ3n) is 5.87. The van der Waals surface area contributed by atoms with Gasteiger partial charge in [0.25, 0.3) is 5.56 Å². The quantitative estimate of drug-likeness (QED) is 0.219. The van der Waals surface area contributed by atoms with E-state index in [2.05, 4.69) is 5.32 Å². The average Bonchev–Trinajstić information content (AvgIpc) is 3.16. The number of halogens is 2. The Kier molecular flexibility index (Phi) is 6.91. The van der Waals surface area contributed by atoms with Gasteiger partial charge >= 0.3 is 0 Å². The van der Waals surface area contributed by atoms with Crippen molar-refractivity contribution < 1.29 is 9.53 Å². The predicted molar refractivity (Wildman–Crippen MR) is 148 cm³/mol. The van der Waals surface area contributed by atoms with Gasteiger partial charge in [-0.25, -0.2) is 4.98 Å². The van der Waals surface area contributed by atoms with Gasteiger partial charge in [0.2, 0.25) is 5.91 Å². The Morgan fingerprint density at radius 3 is 2.81 bits per heavy atom. The van der Waals surface area contributed by atoms with Crippen molar-refractivity contribution in [3.8, 4) is 5.69 Å². The summed E-state index contributed by atoms with van der Waals surface area (Å²) >= 11 is 14.8. The number of benzene rings is 2. The number of nitrogens with one attached hydrogen (secondary N) is 1. The van der Waals surface area contributed by atoms with Gasteiger partial charge < -0.3 is 10.1 Å². The maximum Gasteiger partial charge on any atom is 0.267 e. The molecule has 186 valence electrons. The van der Waals surface area contributed by atoms with E-state index < -0.39 is 0 Å². The van der Waals surface area contributed by atoms with Gasteiger partial charge in [0.15, 0.2) is 5.16 Å². The van der Waals surface area contributed by atoms with Crippen LogP contribution in [0.25, 0.3) is 15.9 Å². The largest absolute Gasteiger partial charge is 0.370 e. The Balaban J connectivity index is 1.54. The monoisotopic (exact) mass is 559 g/mol. The molecule has 0 radical (unpaired) electrons. The average molecular weight is 561 g/mol. The van der Waals surface area contributed by atoms with E-state index in [1.807, 2.05) is 45.0 Å². The molecule has 36 heavy (non-hydrogen) atoms. The number of carbonyl (C=O) groups excluding carboxylic acids is 1. The van der Waals surface area contributed by atoms with Gasteiger partial charge in [-0.1, -0.05) is 47.1 Å². The predicted octanol–water partition coefficient (Wildman–Crippen LogP) is 6.64. The zero-order chi connectivity index (χ0) is 25.6. The molecule has 0 saturated carbocycles. The fourth-order valence-electron chi connectivity index (χ4n) is 4.17. The van der Waals surface area contributed by atoms with Crippen LogP contribution in [0.5, 0.6) is 0 Å². The summed E-state index contributed by atoms with van der Waals surface area (Å²) < 4.78 is 7.58. The minimum absolute atomic E-state index is 0.0456. The Morgan fingerprint density at radius 1 is 1.25 bits per heavy atom. The van der Waals surface area contributed by atoms with Gasteiger partial charge in [-0.05, 0) is 62.2 Å². The number of aromatic nitrogens is 2. The van der Waals surface area contributed by atoms with Crippen LogP contribution in [0, 0.1) is 6.92 Å². The Hall–Kier alpha value is -2.36. The van der Waals surface area contributed by atoms with E-state index in [9.17, 15) is 9.59 Å². The number of carbonyl (C=O) groups is 1. The SMILES string of the molecule is Cc1cccc(-n2c(SCC(=O)Nc3ccc(Cl)cc3Cl)nc3sc4c(c3c2=O)CC(C)(C)OC4)c1. The molecule has 3 heterocycles. The Labute approximate surface area is 226 Å². The maximum absolute atomic E-state index is 14.0. The van der Waals surface area contributed by atoms with Crippen LogP contribution in [0.1, 0.15) is 29.9 Å². The summed E-state index contributed by atoms with van der Waals surface area (Å²) in [5.74, 6) is -0.223. The smallest absolute Gasteiger partial charge is 0.267 e. The maximum atomic E-state index is 14.0. The summed E-state index contributed by atoms with van der Waals surface area (Å²) in [6, 6.07) is 12.6. The highest BCUT2D eigenvalue weighted by Crippen LogP contribution is 2.38. The zero-order valence-electron chi connectivity index (χ0n) is 19.9. The minimum atomic E-state index is -0.351. The molecule has 1 aliphatic rings. The molecule has 2 aromatic carbocycles. The van der Waals surface area contributed by atoms with Crippen molar-refractivity contribution in [1.82, 2.24) is 9.55 Å². The van der Waals surface area contributed by atoms with Crippen molar-refractivity contribution in [3.05, 3.63) is 78.9 Å². The lowest BCUT2D eigenvalue weighted by Crippen LogP contribution is -2.32. The van der Waals surface area contributed by atoms with Gasteiger partial charge in [-0.2, -0.15) is 0 Å². The van der Waals surface area contributed by atoms with Crippen LogP contribution < -0.4 is 10.9 Å². The highest BCUT2D eigenvalue weighted by molar-refractivity contribution is 7.99. The lowest BCUT2D eigenvalue weighted by Gasteiger charge is -2.29. The molecular weight excluding hydrogens is 537 g/mol. The molecule has 1 aliphatic heterocycles. The minimum Gasteiger partial charge on any atom is -0.370 e. The highest BCUT2D eigenvalue weighted by atomic mass is 35.5.